The average Bonchev–Trinajstić information content (AvgIpc) is 3.21. The second kappa shape index (κ2) is 47.7. The van der Waals surface area contributed by atoms with Gasteiger partial charge >= 0.3 is 0 Å². The van der Waals surface area contributed by atoms with Crippen molar-refractivity contribution in [1.82, 2.24) is 10.6 Å². The Bertz CT molecular complexity index is 767. The molecule has 9 nitrogen and oxygen atoms in total. The minimum atomic E-state index is -0.512. The first-order chi connectivity index (χ1) is 28.4. The lowest BCUT2D eigenvalue weighted by Crippen LogP contribution is -2.39. The molecular weight excluding hydrogens is 729 g/mol. The van der Waals surface area contributed by atoms with E-state index in [1.54, 1.807) is 0 Å². The van der Waals surface area contributed by atoms with Gasteiger partial charge in [-0.3, -0.25) is 0 Å². The van der Waals surface area contributed by atoms with Crippen LogP contribution in [0.5, 0.6) is 0 Å². The second-order valence-electron chi connectivity index (χ2n) is 17.6. The lowest BCUT2D eigenvalue weighted by atomic mass is 10.0. The van der Waals surface area contributed by atoms with Gasteiger partial charge in [-0.25, -0.2) is 0 Å². The van der Waals surface area contributed by atoms with Crippen LogP contribution in [0.4, 0.5) is 0 Å². The molecule has 0 aromatic rings. The largest absolute Gasteiger partial charge is 0.389 e. The molecule has 0 saturated heterocycles. The standard InChI is InChI=1S/C49H102N2O7/c1-6-8-10-12-14-16-18-20-22-24-26-28-30-32-34-54-43-48(52)38-50-45(3)40-56-36-37-58-47(5)42-57-41-46(4)51-39-49(53)44-55-35-33-31-29-27-25-23-21-19-17-15-13-11-9-7-2/h45-53H,6-44H2,1-5H3. The molecule has 0 aliphatic heterocycles. The predicted molar refractivity (Wildman–Crippen MR) is 246 cm³/mol. The zero-order valence-electron chi connectivity index (χ0n) is 39.4. The number of aliphatic hydroxyl groups is 2. The molecule has 0 spiro atoms. The molecule has 0 bridgehead atoms. The van der Waals surface area contributed by atoms with E-state index in [1.165, 1.54) is 167 Å². The van der Waals surface area contributed by atoms with E-state index >= 15 is 0 Å². The van der Waals surface area contributed by atoms with Gasteiger partial charge in [0.25, 0.3) is 0 Å². The number of hydrogen-bond donors (Lipinski definition) is 4. The molecule has 0 aromatic carbocycles. The van der Waals surface area contributed by atoms with Gasteiger partial charge in [-0.15, -0.1) is 0 Å². The van der Waals surface area contributed by atoms with Gasteiger partial charge in [0, 0.05) is 38.4 Å². The Morgan fingerprint density at radius 3 is 1.02 bits per heavy atom. The van der Waals surface area contributed by atoms with E-state index in [4.69, 9.17) is 23.7 Å². The van der Waals surface area contributed by atoms with E-state index in [1.807, 2.05) is 6.92 Å². The number of unbranched alkanes of at least 4 members (excludes halogenated alkanes) is 26. The molecular formula is C49H102N2O7. The van der Waals surface area contributed by atoms with Crippen molar-refractivity contribution in [3.8, 4) is 0 Å². The number of nitrogens with one attached hydrogen (secondary N) is 2. The minimum Gasteiger partial charge on any atom is -0.389 e. The molecule has 0 saturated carbocycles. The zero-order valence-corrected chi connectivity index (χ0v) is 39.4. The van der Waals surface area contributed by atoms with Crippen LogP contribution in [-0.2, 0) is 23.7 Å². The SMILES string of the molecule is CCCCCCCCCCCCCCCCOCC(O)CNC(C)COCCOC(C)COCC(C)NCC(O)COCCCCCCCCCCCCCCCC. The Balaban J connectivity index is 3.47. The van der Waals surface area contributed by atoms with Crippen LogP contribution in [0.3, 0.4) is 0 Å². The maximum atomic E-state index is 10.3. The summed E-state index contributed by atoms with van der Waals surface area (Å²) in [5.74, 6) is 0. The highest BCUT2D eigenvalue weighted by Crippen LogP contribution is 2.14. The third-order valence-electron chi connectivity index (χ3n) is 11.0. The van der Waals surface area contributed by atoms with Crippen molar-refractivity contribution in [3.63, 3.8) is 0 Å². The first kappa shape index (κ1) is 57.6. The van der Waals surface area contributed by atoms with E-state index in [-0.39, 0.29) is 18.2 Å². The summed E-state index contributed by atoms with van der Waals surface area (Å²) >= 11 is 0. The van der Waals surface area contributed by atoms with E-state index in [0.29, 0.717) is 59.3 Å². The average molecular weight is 831 g/mol. The Kier molecular flexibility index (Phi) is 47.4. The highest BCUT2D eigenvalue weighted by Gasteiger charge is 2.11. The number of aliphatic hydroxyl groups excluding tert-OH is 2. The molecule has 0 amide bonds. The smallest absolute Gasteiger partial charge is 0.0897 e. The van der Waals surface area contributed by atoms with Crippen LogP contribution in [0.25, 0.3) is 0 Å². The molecule has 5 unspecified atom stereocenters. The molecule has 58 heavy (non-hydrogen) atoms. The van der Waals surface area contributed by atoms with Crippen molar-refractivity contribution in [2.45, 2.75) is 245 Å². The van der Waals surface area contributed by atoms with Gasteiger partial charge in [0.1, 0.15) is 0 Å². The van der Waals surface area contributed by atoms with Crippen molar-refractivity contribution in [2.75, 3.05) is 72.6 Å². The summed E-state index contributed by atoms with van der Waals surface area (Å²) in [4.78, 5) is 0. The molecule has 4 N–H and O–H groups in total. The summed E-state index contributed by atoms with van der Waals surface area (Å²) in [6, 6.07) is 0.262. The van der Waals surface area contributed by atoms with E-state index in [0.717, 1.165) is 26.1 Å². The molecule has 0 heterocycles. The van der Waals surface area contributed by atoms with E-state index in [9.17, 15) is 10.2 Å². The van der Waals surface area contributed by atoms with Gasteiger partial charge in [0.05, 0.1) is 64.6 Å². The van der Waals surface area contributed by atoms with Crippen molar-refractivity contribution in [1.29, 1.82) is 0 Å². The topological polar surface area (TPSA) is 111 Å². The van der Waals surface area contributed by atoms with Crippen molar-refractivity contribution in [2.24, 2.45) is 0 Å². The summed E-state index contributed by atoms with van der Waals surface area (Å²) < 4.78 is 28.9. The first-order valence-electron chi connectivity index (χ1n) is 25.1. The van der Waals surface area contributed by atoms with Crippen LogP contribution in [0.1, 0.15) is 214 Å². The molecule has 9 heteroatoms. The fraction of sp³-hybridized carbons (Fsp3) is 1.00. The highest BCUT2D eigenvalue weighted by atomic mass is 16.6. The molecule has 0 rings (SSSR count). The molecule has 0 aliphatic carbocycles. The highest BCUT2D eigenvalue weighted by molar-refractivity contribution is 4.66. The molecule has 5 atom stereocenters. The molecule has 0 fully saturated rings. The molecule has 350 valence electrons. The Labute approximate surface area is 361 Å². The first-order valence-corrected chi connectivity index (χ1v) is 25.1. The predicted octanol–water partition coefficient (Wildman–Crippen LogP) is 11.1. The number of ether oxygens (including phenoxy) is 5. The van der Waals surface area contributed by atoms with Crippen molar-refractivity contribution < 1.29 is 33.9 Å². The fourth-order valence-electron chi connectivity index (χ4n) is 7.17. The Morgan fingerprint density at radius 1 is 0.345 bits per heavy atom. The molecule has 0 radical (unpaired) electrons. The van der Waals surface area contributed by atoms with Crippen LogP contribution in [0, 0.1) is 0 Å². The van der Waals surface area contributed by atoms with Gasteiger partial charge < -0.3 is 44.5 Å². The van der Waals surface area contributed by atoms with Gasteiger partial charge in [0.15, 0.2) is 0 Å². The minimum absolute atomic E-state index is 0.0278. The van der Waals surface area contributed by atoms with Crippen LogP contribution >= 0.6 is 0 Å². The normalized spacial score (nSPS) is 14.5. The third kappa shape index (κ3) is 46.7. The van der Waals surface area contributed by atoms with Crippen molar-refractivity contribution >= 4 is 0 Å². The van der Waals surface area contributed by atoms with E-state index in [2.05, 4.69) is 38.3 Å². The zero-order chi connectivity index (χ0) is 42.4. The maximum Gasteiger partial charge on any atom is 0.0897 e. The molecule has 0 aliphatic rings. The fourth-order valence-corrected chi connectivity index (χ4v) is 7.17. The summed E-state index contributed by atoms with van der Waals surface area (Å²) in [6.07, 6.45) is 36.8. The van der Waals surface area contributed by atoms with Gasteiger partial charge in [-0.1, -0.05) is 181 Å². The van der Waals surface area contributed by atoms with Crippen LogP contribution in [0.15, 0.2) is 0 Å². The van der Waals surface area contributed by atoms with Gasteiger partial charge in [0.2, 0.25) is 0 Å². The Morgan fingerprint density at radius 2 is 0.655 bits per heavy atom. The van der Waals surface area contributed by atoms with Crippen molar-refractivity contribution in [3.05, 3.63) is 0 Å². The number of hydrogen-bond acceptors (Lipinski definition) is 9. The Hall–Kier alpha value is -0.360. The maximum absolute atomic E-state index is 10.3. The summed E-state index contributed by atoms with van der Waals surface area (Å²) in [7, 11) is 0. The quantitative estimate of drug-likeness (QED) is 0.0445. The monoisotopic (exact) mass is 831 g/mol. The lowest BCUT2D eigenvalue weighted by Gasteiger charge is -2.19. The summed E-state index contributed by atoms with van der Waals surface area (Å²) in [6.45, 7) is 16.5. The summed E-state index contributed by atoms with van der Waals surface area (Å²) in [5.41, 5.74) is 0. The van der Waals surface area contributed by atoms with E-state index < -0.39 is 12.2 Å². The number of rotatable bonds is 50. The van der Waals surface area contributed by atoms with Crippen LogP contribution in [-0.4, -0.2) is 113 Å². The summed E-state index contributed by atoms with van der Waals surface area (Å²) in [5, 5.41) is 27.2. The van der Waals surface area contributed by atoms with Gasteiger partial charge in [-0.2, -0.15) is 0 Å². The second-order valence-corrected chi connectivity index (χ2v) is 17.6. The van der Waals surface area contributed by atoms with Crippen LogP contribution in [0.2, 0.25) is 0 Å². The molecule has 0 aromatic heterocycles. The third-order valence-corrected chi connectivity index (χ3v) is 11.0. The van der Waals surface area contributed by atoms with Crippen LogP contribution < -0.4 is 10.6 Å². The lowest BCUT2D eigenvalue weighted by molar-refractivity contribution is -0.0349. The van der Waals surface area contributed by atoms with Gasteiger partial charge in [-0.05, 0) is 33.6 Å².